The van der Waals surface area contributed by atoms with E-state index in [0.29, 0.717) is 12.1 Å². The molecule has 3 heteroatoms. The van der Waals surface area contributed by atoms with Crippen LogP contribution in [-0.4, -0.2) is 31.1 Å². The van der Waals surface area contributed by atoms with Crippen LogP contribution in [0.5, 0.6) is 0 Å². The van der Waals surface area contributed by atoms with Gasteiger partial charge in [0.2, 0.25) is 0 Å². The van der Waals surface area contributed by atoms with Crippen LogP contribution in [0.15, 0.2) is 24.3 Å². The predicted octanol–water partition coefficient (Wildman–Crippen LogP) is 3.99. The highest BCUT2D eigenvalue weighted by atomic mass is 19.1. The number of hydrogen-bond acceptors (Lipinski definition) is 2. The first-order valence-electron chi connectivity index (χ1n) is 8.31. The molecule has 0 heterocycles. The van der Waals surface area contributed by atoms with E-state index in [4.69, 9.17) is 0 Å². The van der Waals surface area contributed by atoms with Gasteiger partial charge in [-0.3, -0.25) is 0 Å². The van der Waals surface area contributed by atoms with Gasteiger partial charge in [0, 0.05) is 12.1 Å². The van der Waals surface area contributed by atoms with Crippen molar-refractivity contribution in [2.24, 2.45) is 5.92 Å². The molecule has 2 atom stereocenters. The molecule has 1 aliphatic carbocycles. The zero-order valence-corrected chi connectivity index (χ0v) is 13.6. The summed E-state index contributed by atoms with van der Waals surface area (Å²) in [5.74, 6) is 0.746. The first-order chi connectivity index (χ1) is 10.1. The Kier molecular flexibility index (Phi) is 6.19. The third kappa shape index (κ3) is 5.08. The average Bonchev–Trinajstić information content (AvgIpc) is 3.32. The number of benzene rings is 1. The number of rotatable bonds is 9. The molecule has 0 aliphatic heterocycles. The van der Waals surface area contributed by atoms with Crippen LogP contribution in [0.2, 0.25) is 0 Å². The highest BCUT2D eigenvalue weighted by Crippen LogP contribution is 2.34. The van der Waals surface area contributed by atoms with Gasteiger partial charge in [-0.05, 0) is 76.4 Å². The van der Waals surface area contributed by atoms with E-state index < -0.39 is 0 Å². The van der Waals surface area contributed by atoms with Crippen LogP contribution in [0.3, 0.4) is 0 Å². The molecule has 1 fully saturated rings. The van der Waals surface area contributed by atoms with Crippen molar-refractivity contribution in [3.8, 4) is 0 Å². The van der Waals surface area contributed by atoms with Gasteiger partial charge in [-0.15, -0.1) is 0 Å². The van der Waals surface area contributed by atoms with Crippen molar-refractivity contribution in [3.05, 3.63) is 35.6 Å². The number of hydrogen-bond donors (Lipinski definition) is 1. The topological polar surface area (TPSA) is 15.3 Å². The van der Waals surface area contributed by atoms with Crippen LogP contribution in [-0.2, 0) is 0 Å². The molecule has 1 saturated carbocycles. The summed E-state index contributed by atoms with van der Waals surface area (Å²) in [4.78, 5) is 2.47. The molecule has 2 nitrogen and oxygen atoms in total. The Morgan fingerprint density at radius 1 is 1.29 bits per heavy atom. The van der Waals surface area contributed by atoms with Gasteiger partial charge in [0.25, 0.3) is 0 Å². The lowest BCUT2D eigenvalue weighted by Gasteiger charge is -2.27. The fourth-order valence-corrected chi connectivity index (χ4v) is 2.88. The number of nitrogens with one attached hydrogen (secondary N) is 1. The second-order valence-electron chi connectivity index (χ2n) is 6.41. The predicted molar refractivity (Wildman–Crippen MR) is 86.9 cm³/mol. The van der Waals surface area contributed by atoms with Crippen molar-refractivity contribution in [3.63, 3.8) is 0 Å². The molecule has 1 N–H and O–H groups in total. The Hall–Kier alpha value is -0.930. The van der Waals surface area contributed by atoms with E-state index in [-0.39, 0.29) is 5.82 Å². The van der Waals surface area contributed by atoms with Crippen molar-refractivity contribution < 1.29 is 4.39 Å². The van der Waals surface area contributed by atoms with Gasteiger partial charge in [-0.25, -0.2) is 4.39 Å². The molecular weight excluding hydrogens is 263 g/mol. The first-order valence-corrected chi connectivity index (χ1v) is 8.31. The molecule has 0 spiro atoms. The largest absolute Gasteiger partial charge is 0.310 e. The van der Waals surface area contributed by atoms with Crippen molar-refractivity contribution >= 4 is 0 Å². The smallest absolute Gasteiger partial charge is 0.123 e. The number of halogens is 1. The van der Waals surface area contributed by atoms with Crippen molar-refractivity contribution in [1.29, 1.82) is 0 Å². The van der Waals surface area contributed by atoms with Crippen LogP contribution < -0.4 is 5.32 Å². The standard InChI is InChI=1S/C18H29FN2/c1-4-12-20-18(16-7-9-17(19)10-8-16)11-13-21(3)14(2)15-5-6-15/h7-10,14-15,18,20H,4-6,11-13H2,1-3H3. The molecule has 1 aromatic carbocycles. The van der Waals surface area contributed by atoms with E-state index >= 15 is 0 Å². The lowest BCUT2D eigenvalue weighted by Crippen LogP contribution is -2.34. The lowest BCUT2D eigenvalue weighted by atomic mass is 10.0. The molecule has 0 amide bonds. The Morgan fingerprint density at radius 2 is 1.95 bits per heavy atom. The van der Waals surface area contributed by atoms with Gasteiger partial charge in [-0.2, -0.15) is 0 Å². The van der Waals surface area contributed by atoms with E-state index in [1.165, 1.54) is 18.4 Å². The van der Waals surface area contributed by atoms with Crippen LogP contribution in [0.25, 0.3) is 0 Å². The van der Waals surface area contributed by atoms with Crippen LogP contribution >= 0.6 is 0 Å². The minimum atomic E-state index is -0.160. The van der Waals surface area contributed by atoms with E-state index in [1.54, 1.807) is 12.1 Å². The summed E-state index contributed by atoms with van der Waals surface area (Å²) in [6, 6.07) is 7.95. The van der Waals surface area contributed by atoms with Gasteiger partial charge in [0.1, 0.15) is 5.82 Å². The fraction of sp³-hybridized carbons (Fsp3) is 0.667. The summed E-state index contributed by atoms with van der Waals surface area (Å²) < 4.78 is 13.1. The second kappa shape index (κ2) is 7.90. The second-order valence-corrected chi connectivity index (χ2v) is 6.41. The van der Waals surface area contributed by atoms with Gasteiger partial charge in [0.05, 0.1) is 0 Å². The van der Waals surface area contributed by atoms with Crippen molar-refractivity contribution in [2.45, 2.75) is 51.6 Å². The highest BCUT2D eigenvalue weighted by molar-refractivity contribution is 5.20. The third-order valence-corrected chi connectivity index (χ3v) is 4.68. The highest BCUT2D eigenvalue weighted by Gasteiger charge is 2.30. The third-order valence-electron chi connectivity index (χ3n) is 4.68. The maximum absolute atomic E-state index is 13.1. The zero-order valence-electron chi connectivity index (χ0n) is 13.6. The maximum atomic E-state index is 13.1. The normalized spacial score (nSPS) is 18.0. The van der Waals surface area contributed by atoms with Crippen LogP contribution in [0.4, 0.5) is 4.39 Å². The summed E-state index contributed by atoms with van der Waals surface area (Å²) in [6.07, 6.45) is 4.97. The van der Waals surface area contributed by atoms with Crippen LogP contribution in [0.1, 0.15) is 51.1 Å². The monoisotopic (exact) mass is 292 g/mol. The fourth-order valence-electron chi connectivity index (χ4n) is 2.88. The Balaban J connectivity index is 1.90. The molecule has 0 bridgehead atoms. The maximum Gasteiger partial charge on any atom is 0.123 e. The first kappa shape index (κ1) is 16.4. The summed E-state index contributed by atoms with van der Waals surface area (Å²) in [7, 11) is 2.23. The quantitative estimate of drug-likeness (QED) is 0.740. The van der Waals surface area contributed by atoms with Gasteiger partial charge >= 0.3 is 0 Å². The van der Waals surface area contributed by atoms with Gasteiger partial charge in [0.15, 0.2) is 0 Å². The Morgan fingerprint density at radius 3 is 2.52 bits per heavy atom. The van der Waals surface area contributed by atoms with E-state index in [2.05, 4.69) is 31.1 Å². The van der Waals surface area contributed by atoms with E-state index in [1.807, 2.05) is 12.1 Å². The van der Waals surface area contributed by atoms with Gasteiger partial charge in [-0.1, -0.05) is 19.1 Å². The Bertz CT molecular complexity index is 414. The minimum Gasteiger partial charge on any atom is -0.310 e. The van der Waals surface area contributed by atoms with Gasteiger partial charge < -0.3 is 10.2 Å². The molecule has 0 radical (unpaired) electrons. The molecule has 1 aromatic rings. The van der Waals surface area contributed by atoms with Crippen molar-refractivity contribution in [1.82, 2.24) is 10.2 Å². The molecule has 0 saturated heterocycles. The zero-order chi connectivity index (χ0) is 15.2. The minimum absolute atomic E-state index is 0.160. The molecule has 2 unspecified atom stereocenters. The summed E-state index contributed by atoms with van der Waals surface area (Å²) in [5, 5.41) is 3.60. The lowest BCUT2D eigenvalue weighted by molar-refractivity contribution is 0.222. The molecule has 21 heavy (non-hydrogen) atoms. The molecule has 1 aliphatic rings. The van der Waals surface area contributed by atoms with Crippen LogP contribution in [0, 0.1) is 11.7 Å². The SMILES string of the molecule is CCCNC(CCN(C)C(C)C1CC1)c1ccc(F)cc1. The molecule has 2 rings (SSSR count). The van der Waals surface area contributed by atoms with Crippen molar-refractivity contribution in [2.75, 3.05) is 20.1 Å². The summed E-state index contributed by atoms with van der Waals surface area (Å²) >= 11 is 0. The molecule has 118 valence electrons. The Labute approximate surface area is 128 Å². The molecule has 0 aromatic heterocycles. The summed E-state index contributed by atoms with van der Waals surface area (Å²) in [5.41, 5.74) is 1.19. The average molecular weight is 292 g/mol. The number of nitrogens with zero attached hydrogens (tertiary/aromatic N) is 1. The van der Waals surface area contributed by atoms with E-state index in [0.717, 1.165) is 31.8 Å². The van der Waals surface area contributed by atoms with E-state index in [9.17, 15) is 4.39 Å². The molecular formula is C18H29FN2. The summed E-state index contributed by atoms with van der Waals surface area (Å²) in [6.45, 7) is 6.60.